The van der Waals surface area contributed by atoms with Crippen LogP contribution in [0.3, 0.4) is 0 Å². The highest BCUT2D eigenvalue weighted by Gasteiger charge is 2.22. The van der Waals surface area contributed by atoms with Gasteiger partial charge in [0.25, 0.3) is 0 Å². The van der Waals surface area contributed by atoms with Gasteiger partial charge in [-0.1, -0.05) is 44.9 Å². The van der Waals surface area contributed by atoms with Gasteiger partial charge in [-0.05, 0) is 43.5 Å². The normalized spacial score (nSPS) is 12.3. The molecule has 0 spiro atoms. The summed E-state index contributed by atoms with van der Waals surface area (Å²) in [7, 11) is 0. The van der Waals surface area contributed by atoms with Gasteiger partial charge in [0.15, 0.2) is 0 Å². The Hall–Kier alpha value is -2.69. The Bertz CT molecular complexity index is 948. The number of unbranched alkanes of at least 4 members (excludes halogenated alkanes) is 1. The summed E-state index contributed by atoms with van der Waals surface area (Å²) in [5.74, 6) is 0.0746. The van der Waals surface area contributed by atoms with Crippen molar-refractivity contribution in [3.8, 4) is 11.3 Å². The van der Waals surface area contributed by atoms with E-state index < -0.39 is 0 Å². The topological polar surface area (TPSA) is 46.4 Å². The van der Waals surface area contributed by atoms with Gasteiger partial charge >= 0.3 is 0 Å². The van der Waals surface area contributed by atoms with Crippen LogP contribution in [-0.4, -0.2) is 15.3 Å². The largest absolute Gasteiger partial charge is 0.310 e. The van der Waals surface area contributed by atoms with Crippen LogP contribution in [-0.2, 0) is 4.79 Å². The summed E-state index contributed by atoms with van der Waals surface area (Å²) in [6.07, 6.45) is 5.60. The number of aryl methyl sites for hydroxylation is 1. The zero-order chi connectivity index (χ0) is 19.4. The Morgan fingerprint density at radius 2 is 2.00 bits per heavy atom. The molecule has 142 valence electrons. The average Bonchev–Trinajstić information content (AvgIpc) is 3.00. The molecule has 0 aliphatic carbocycles. The third-order valence-corrected chi connectivity index (χ3v) is 4.91. The van der Waals surface area contributed by atoms with E-state index in [0.717, 1.165) is 31.2 Å². The van der Waals surface area contributed by atoms with Gasteiger partial charge in [-0.3, -0.25) is 9.20 Å². The van der Waals surface area contributed by atoms with Crippen LogP contribution in [0.1, 0.15) is 45.1 Å². The first kappa shape index (κ1) is 19.1. The van der Waals surface area contributed by atoms with E-state index in [-0.39, 0.29) is 17.6 Å². The number of anilines is 1. The monoisotopic (exact) mass is 367 g/mol. The number of pyridine rings is 1. The Labute approximate surface area is 159 Å². The molecule has 4 nitrogen and oxygen atoms in total. The van der Waals surface area contributed by atoms with Gasteiger partial charge in [-0.25, -0.2) is 9.37 Å². The van der Waals surface area contributed by atoms with E-state index in [1.807, 2.05) is 36.6 Å². The summed E-state index contributed by atoms with van der Waals surface area (Å²) >= 11 is 0. The van der Waals surface area contributed by atoms with Crippen molar-refractivity contribution in [3.63, 3.8) is 0 Å². The summed E-state index contributed by atoms with van der Waals surface area (Å²) in [6, 6.07) is 10.4. The Morgan fingerprint density at radius 3 is 2.70 bits per heavy atom. The minimum Gasteiger partial charge on any atom is -0.310 e. The lowest BCUT2D eigenvalue weighted by molar-refractivity contribution is -0.120. The number of imidazole rings is 1. The highest BCUT2D eigenvalue weighted by Crippen LogP contribution is 2.31. The molecule has 0 fully saturated rings. The first-order valence-electron chi connectivity index (χ1n) is 9.59. The predicted octanol–water partition coefficient (Wildman–Crippen LogP) is 5.60. The lowest BCUT2D eigenvalue weighted by atomic mass is 9.98. The van der Waals surface area contributed by atoms with Crippen molar-refractivity contribution in [3.05, 3.63) is 54.0 Å². The van der Waals surface area contributed by atoms with Gasteiger partial charge < -0.3 is 5.32 Å². The number of amides is 1. The van der Waals surface area contributed by atoms with E-state index in [1.54, 1.807) is 18.2 Å². The van der Waals surface area contributed by atoms with Crippen LogP contribution >= 0.6 is 0 Å². The van der Waals surface area contributed by atoms with Crippen LogP contribution in [0.5, 0.6) is 0 Å². The van der Waals surface area contributed by atoms with E-state index in [9.17, 15) is 9.18 Å². The second-order valence-corrected chi connectivity index (χ2v) is 6.96. The van der Waals surface area contributed by atoms with Gasteiger partial charge in [0.1, 0.15) is 23.0 Å². The first-order valence-corrected chi connectivity index (χ1v) is 9.59. The number of nitrogens with one attached hydrogen (secondary N) is 1. The third kappa shape index (κ3) is 4.02. The molecule has 0 radical (unpaired) electrons. The molecule has 1 aromatic carbocycles. The van der Waals surface area contributed by atoms with Crippen LogP contribution in [0, 0.1) is 18.7 Å². The number of halogens is 1. The average molecular weight is 367 g/mol. The molecule has 5 heteroatoms. The first-order chi connectivity index (χ1) is 13.0. The quantitative estimate of drug-likeness (QED) is 0.590. The highest BCUT2D eigenvalue weighted by atomic mass is 19.1. The summed E-state index contributed by atoms with van der Waals surface area (Å²) in [5.41, 5.74) is 2.55. The standard InChI is InChI=1S/C22H26FN3O/c1-4-6-9-16(5-2)22(27)25-21-20(17-10-7-8-11-18(17)23)24-19-13-12-15(3)14-26(19)21/h7-8,10-14,16H,4-6,9H2,1-3H3,(H,25,27)/t16-/m1/s1. The summed E-state index contributed by atoms with van der Waals surface area (Å²) in [4.78, 5) is 17.5. The predicted molar refractivity (Wildman–Crippen MR) is 107 cm³/mol. The Balaban J connectivity index is 2.07. The molecule has 0 unspecified atom stereocenters. The molecule has 2 heterocycles. The summed E-state index contributed by atoms with van der Waals surface area (Å²) < 4.78 is 16.3. The van der Waals surface area contributed by atoms with Gasteiger partial charge in [0, 0.05) is 17.7 Å². The molecular formula is C22H26FN3O. The number of nitrogens with zero attached hydrogens (tertiary/aromatic N) is 2. The van der Waals surface area contributed by atoms with Crippen LogP contribution < -0.4 is 5.32 Å². The Kier molecular flexibility index (Phi) is 5.89. The van der Waals surface area contributed by atoms with Crippen molar-refractivity contribution in [2.24, 2.45) is 5.92 Å². The molecule has 3 aromatic rings. The van der Waals surface area contributed by atoms with Crippen molar-refractivity contribution in [2.45, 2.75) is 46.5 Å². The number of hydrogen-bond acceptors (Lipinski definition) is 2. The number of carbonyl (C=O) groups excluding carboxylic acids is 1. The number of hydrogen-bond donors (Lipinski definition) is 1. The van der Waals surface area contributed by atoms with Crippen molar-refractivity contribution in [1.29, 1.82) is 0 Å². The maximum absolute atomic E-state index is 14.4. The molecule has 0 saturated heterocycles. The molecule has 27 heavy (non-hydrogen) atoms. The number of benzene rings is 1. The molecule has 0 bridgehead atoms. The molecule has 2 aromatic heterocycles. The zero-order valence-corrected chi connectivity index (χ0v) is 16.1. The van der Waals surface area contributed by atoms with Crippen LogP contribution in [0.25, 0.3) is 16.9 Å². The maximum atomic E-state index is 14.4. The van der Waals surface area contributed by atoms with Crippen molar-refractivity contribution >= 4 is 17.4 Å². The highest BCUT2D eigenvalue weighted by molar-refractivity contribution is 5.96. The number of carbonyl (C=O) groups is 1. The molecule has 3 rings (SSSR count). The smallest absolute Gasteiger partial charge is 0.228 e. The van der Waals surface area contributed by atoms with E-state index in [0.29, 0.717) is 22.7 Å². The van der Waals surface area contributed by atoms with Gasteiger partial charge in [-0.15, -0.1) is 0 Å². The molecule has 0 saturated carbocycles. The summed E-state index contributed by atoms with van der Waals surface area (Å²) in [5, 5.41) is 3.04. The molecule has 1 amide bonds. The molecular weight excluding hydrogens is 341 g/mol. The fourth-order valence-corrected chi connectivity index (χ4v) is 3.30. The zero-order valence-electron chi connectivity index (χ0n) is 16.1. The number of aromatic nitrogens is 2. The Morgan fingerprint density at radius 1 is 1.22 bits per heavy atom. The fourth-order valence-electron chi connectivity index (χ4n) is 3.30. The maximum Gasteiger partial charge on any atom is 0.228 e. The molecule has 1 N–H and O–H groups in total. The van der Waals surface area contributed by atoms with Crippen LogP contribution in [0.4, 0.5) is 10.2 Å². The van der Waals surface area contributed by atoms with E-state index in [2.05, 4.69) is 17.2 Å². The van der Waals surface area contributed by atoms with Gasteiger partial charge in [0.2, 0.25) is 5.91 Å². The number of fused-ring (bicyclic) bond motifs is 1. The lowest BCUT2D eigenvalue weighted by Crippen LogP contribution is -2.23. The van der Waals surface area contributed by atoms with Gasteiger partial charge in [0.05, 0.1) is 0 Å². The molecule has 0 aliphatic rings. The van der Waals surface area contributed by atoms with Gasteiger partial charge in [-0.2, -0.15) is 0 Å². The molecule has 1 atom stereocenters. The van der Waals surface area contributed by atoms with E-state index >= 15 is 0 Å². The van der Waals surface area contributed by atoms with E-state index in [1.165, 1.54) is 6.07 Å². The van der Waals surface area contributed by atoms with Crippen molar-refractivity contribution < 1.29 is 9.18 Å². The van der Waals surface area contributed by atoms with Crippen LogP contribution in [0.2, 0.25) is 0 Å². The van der Waals surface area contributed by atoms with Crippen LogP contribution in [0.15, 0.2) is 42.6 Å². The number of rotatable bonds is 7. The molecule has 0 aliphatic heterocycles. The van der Waals surface area contributed by atoms with E-state index in [4.69, 9.17) is 0 Å². The third-order valence-electron chi connectivity index (χ3n) is 4.91. The van der Waals surface area contributed by atoms with Crippen molar-refractivity contribution in [1.82, 2.24) is 9.38 Å². The summed E-state index contributed by atoms with van der Waals surface area (Å²) in [6.45, 7) is 6.12. The SMILES string of the molecule is CCCC[C@@H](CC)C(=O)Nc1c(-c2ccccc2F)nc2ccc(C)cn12. The second kappa shape index (κ2) is 8.33. The minimum absolute atomic E-state index is 0.0353. The minimum atomic E-state index is -0.355. The lowest BCUT2D eigenvalue weighted by Gasteiger charge is -2.15. The fraction of sp³-hybridized carbons (Fsp3) is 0.364. The second-order valence-electron chi connectivity index (χ2n) is 6.96. The van der Waals surface area contributed by atoms with Crippen molar-refractivity contribution in [2.75, 3.05) is 5.32 Å².